The molecule has 2 aromatic carbocycles. The van der Waals surface area contributed by atoms with Crippen molar-refractivity contribution in [1.82, 2.24) is 9.97 Å². The predicted octanol–water partition coefficient (Wildman–Crippen LogP) is 4.93. The maximum atomic E-state index is 14.7. The second kappa shape index (κ2) is 13.6. The van der Waals surface area contributed by atoms with Crippen molar-refractivity contribution in [3.8, 4) is 11.6 Å². The quantitative estimate of drug-likeness (QED) is 0.304. The summed E-state index contributed by atoms with van der Waals surface area (Å²) >= 11 is 0. The fourth-order valence-electron chi connectivity index (χ4n) is 3.51. The number of hydrogen-bond acceptors (Lipinski definition) is 7. The van der Waals surface area contributed by atoms with Gasteiger partial charge in [0.25, 0.3) is 0 Å². The third kappa shape index (κ3) is 7.04. The molecule has 7 nitrogen and oxygen atoms in total. The fraction of sp³-hybridized carbons (Fsp3) is 0.192. The summed E-state index contributed by atoms with van der Waals surface area (Å²) in [5.74, 6) is -0.712. The van der Waals surface area contributed by atoms with Crippen molar-refractivity contribution in [3.05, 3.63) is 95.6 Å². The molecule has 4 aromatic rings. The first-order valence-corrected chi connectivity index (χ1v) is 10.7. The van der Waals surface area contributed by atoms with Gasteiger partial charge in [-0.25, -0.2) is 14.2 Å². The predicted molar refractivity (Wildman–Crippen MR) is 140 cm³/mol. The van der Waals surface area contributed by atoms with Crippen LogP contribution in [0.4, 0.5) is 4.39 Å². The Bertz CT molecular complexity index is 1290. The Balaban J connectivity index is 0.00000228. The molecule has 0 saturated carbocycles. The number of aromatic nitrogens is 2. The molecule has 0 radical (unpaired) electrons. The van der Waals surface area contributed by atoms with Crippen molar-refractivity contribution in [1.29, 1.82) is 0 Å². The van der Waals surface area contributed by atoms with Crippen LogP contribution in [0.2, 0.25) is 0 Å². The fourth-order valence-corrected chi connectivity index (χ4v) is 3.51. The summed E-state index contributed by atoms with van der Waals surface area (Å²) in [4.78, 5) is 21.5. The van der Waals surface area contributed by atoms with Gasteiger partial charge in [-0.2, -0.15) is 0 Å². The van der Waals surface area contributed by atoms with Crippen molar-refractivity contribution in [3.63, 3.8) is 0 Å². The number of fused-ring (bicyclic) bond motifs is 1. The van der Waals surface area contributed by atoms with Gasteiger partial charge in [-0.15, -0.1) is 24.8 Å². The van der Waals surface area contributed by atoms with Crippen LogP contribution in [0.3, 0.4) is 0 Å². The van der Waals surface area contributed by atoms with E-state index in [0.717, 1.165) is 17.3 Å². The lowest BCUT2D eigenvalue weighted by molar-refractivity contribution is 0.0470. The summed E-state index contributed by atoms with van der Waals surface area (Å²) in [6, 6.07) is 18.6. The van der Waals surface area contributed by atoms with Crippen LogP contribution in [-0.4, -0.2) is 35.7 Å². The molecule has 36 heavy (non-hydrogen) atoms. The molecule has 0 aliphatic heterocycles. The number of carbonyl (C=O) groups is 1. The second-order valence-electron chi connectivity index (χ2n) is 7.64. The molecule has 2 N–H and O–H groups in total. The molecule has 1 atom stereocenters. The molecular weight excluding hydrogens is 508 g/mol. The molecule has 0 aliphatic carbocycles. The highest BCUT2D eigenvalue weighted by atomic mass is 35.5. The van der Waals surface area contributed by atoms with Gasteiger partial charge in [-0.05, 0) is 17.7 Å². The number of carbonyl (C=O) groups excluding carboxylic acids is 1. The number of methoxy groups -OCH3 is 1. The topological polar surface area (TPSA) is 96.6 Å². The highest BCUT2D eigenvalue weighted by molar-refractivity contribution is 6.06. The smallest absolute Gasteiger partial charge is 0.342 e. The summed E-state index contributed by atoms with van der Waals surface area (Å²) in [7, 11) is 1.54. The summed E-state index contributed by atoms with van der Waals surface area (Å²) in [5, 5.41) is 0.304. The normalized spacial score (nSPS) is 11.1. The zero-order chi connectivity index (χ0) is 23.9. The molecule has 0 saturated heterocycles. The average molecular weight is 534 g/mol. The van der Waals surface area contributed by atoms with E-state index in [1.165, 1.54) is 13.3 Å². The Labute approximate surface area is 220 Å². The number of rotatable bonds is 9. The second-order valence-corrected chi connectivity index (χ2v) is 7.64. The summed E-state index contributed by atoms with van der Waals surface area (Å²) in [6.07, 6.45) is 1.87. The highest BCUT2D eigenvalue weighted by Gasteiger charge is 2.22. The van der Waals surface area contributed by atoms with Gasteiger partial charge in [0.2, 0.25) is 5.88 Å². The van der Waals surface area contributed by atoms with E-state index in [1.807, 2.05) is 42.5 Å². The van der Waals surface area contributed by atoms with Crippen LogP contribution in [-0.2, 0) is 17.8 Å². The average Bonchev–Trinajstić information content (AvgIpc) is 2.87. The molecular formula is C26H26Cl2FN3O4. The van der Waals surface area contributed by atoms with E-state index < -0.39 is 17.8 Å². The summed E-state index contributed by atoms with van der Waals surface area (Å²) in [6.45, 7) is 0.0995. The Hall–Kier alpha value is -3.46. The van der Waals surface area contributed by atoms with Crippen molar-refractivity contribution < 1.29 is 23.4 Å². The molecule has 0 amide bonds. The Kier molecular flexibility index (Phi) is 10.9. The van der Waals surface area contributed by atoms with Gasteiger partial charge in [0.15, 0.2) is 5.82 Å². The number of benzene rings is 2. The van der Waals surface area contributed by atoms with Crippen LogP contribution < -0.4 is 15.2 Å². The molecule has 4 rings (SSSR count). The standard InChI is InChI=1S/C26H24FN3O4.2ClH/c1-32-23-11-5-9-19(30-23)13-18(28)16-33-22-14-21(27)25-20(10-6-12-29-25)24(22)26(31)34-15-17-7-3-2-4-8-17;;/h2-12,14,18H,13,15-16,28H2,1H3;2*1H/t18-;;/m1../s1. The van der Waals surface area contributed by atoms with Crippen LogP contribution in [0.1, 0.15) is 21.6 Å². The largest absolute Gasteiger partial charge is 0.491 e. The Morgan fingerprint density at radius 2 is 1.83 bits per heavy atom. The molecule has 10 heteroatoms. The number of nitrogens with zero attached hydrogens (tertiary/aromatic N) is 2. The summed E-state index contributed by atoms with van der Waals surface area (Å²) in [5.41, 5.74) is 7.95. The summed E-state index contributed by atoms with van der Waals surface area (Å²) < 4.78 is 31.2. The molecule has 0 fully saturated rings. The van der Waals surface area contributed by atoms with E-state index >= 15 is 0 Å². The monoisotopic (exact) mass is 533 g/mol. The van der Waals surface area contributed by atoms with E-state index in [0.29, 0.717) is 17.7 Å². The molecule has 190 valence electrons. The third-order valence-electron chi connectivity index (χ3n) is 5.14. The minimum absolute atomic E-state index is 0. The SMILES string of the molecule is COc1cccc(C[C@@H](N)COc2cc(F)c3ncccc3c2C(=O)OCc2ccccc2)n1.Cl.Cl. The van der Waals surface area contributed by atoms with Gasteiger partial charge in [0, 0.05) is 41.9 Å². The first-order valence-electron chi connectivity index (χ1n) is 10.7. The first kappa shape index (κ1) is 28.8. The van der Waals surface area contributed by atoms with E-state index in [1.54, 1.807) is 18.2 Å². The van der Waals surface area contributed by atoms with Gasteiger partial charge in [0.05, 0.1) is 7.11 Å². The minimum Gasteiger partial charge on any atom is -0.491 e. The third-order valence-corrected chi connectivity index (χ3v) is 5.14. The Morgan fingerprint density at radius 3 is 2.58 bits per heavy atom. The maximum absolute atomic E-state index is 14.7. The minimum atomic E-state index is -0.639. The van der Waals surface area contributed by atoms with E-state index in [4.69, 9.17) is 19.9 Å². The maximum Gasteiger partial charge on any atom is 0.342 e. The van der Waals surface area contributed by atoms with Crippen molar-refractivity contribution in [2.45, 2.75) is 19.1 Å². The van der Waals surface area contributed by atoms with Gasteiger partial charge in [-0.3, -0.25) is 4.98 Å². The van der Waals surface area contributed by atoms with E-state index in [2.05, 4.69) is 9.97 Å². The molecule has 0 bridgehead atoms. The van der Waals surface area contributed by atoms with Crippen molar-refractivity contribution in [2.24, 2.45) is 5.73 Å². The van der Waals surface area contributed by atoms with Gasteiger partial charge in [-0.1, -0.05) is 42.5 Å². The van der Waals surface area contributed by atoms with E-state index in [9.17, 15) is 9.18 Å². The van der Waals surface area contributed by atoms with Crippen LogP contribution in [0.15, 0.2) is 72.9 Å². The lowest BCUT2D eigenvalue weighted by atomic mass is 10.1. The first-order chi connectivity index (χ1) is 16.5. The zero-order valence-electron chi connectivity index (χ0n) is 19.4. The molecule has 0 spiro atoms. The lowest BCUT2D eigenvalue weighted by Gasteiger charge is -2.17. The van der Waals surface area contributed by atoms with E-state index in [-0.39, 0.29) is 54.9 Å². The van der Waals surface area contributed by atoms with Crippen LogP contribution in [0, 0.1) is 5.82 Å². The van der Waals surface area contributed by atoms with Gasteiger partial charge in [0.1, 0.15) is 30.0 Å². The van der Waals surface area contributed by atoms with Crippen LogP contribution in [0.5, 0.6) is 11.6 Å². The number of pyridine rings is 2. The molecule has 0 aliphatic rings. The number of nitrogens with two attached hydrogens (primary N) is 1. The number of hydrogen-bond donors (Lipinski definition) is 1. The number of ether oxygens (including phenoxy) is 3. The van der Waals surface area contributed by atoms with Gasteiger partial charge < -0.3 is 19.9 Å². The molecule has 2 aromatic heterocycles. The zero-order valence-corrected chi connectivity index (χ0v) is 21.1. The van der Waals surface area contributed by atoms with Crippen LogP contribution in [0.25, 0.3) is 10.9 Å². The van der Waals surface area contributed by atoms with Gasteiger partial charge >= 0.3 is 5.97 Å². The highest BCUT2D eigenvalue weighted by Crippen LogP contribution is 2.31. The lowest BCUT2D eigenvalue weighted by Crippen LogP contribution is -2.31. The van der Waals surface area contributed by atoms with Crippen molar-refractivity contribution >= 4 is 41.7 Å². The molecule has 0 unspecified atom stereocenters. The number of halogens is 3. The Morgan fingerprint density at radius 1 is 1.06 bits per heavy atom. The van der Waals surface area contributed by atoms with Crippen LogP contribution >= 0.6 is 24.8 Å². The number of esters is 1. The molecule has 2 heterocycles. The van der Waals surface area contributed by atoms with Crippen molar-refractivity contribution in [2.75, 3.05) is 13.7 Å².